The van der Waals surface area contributed by atoms with Crippen molar-refractivity contribution >= 4 is 40.3 Å². The maximum Gasteiger partial charge on any atom is 0.323 e. The topological polar surface area (TPSA) is 86.6 Å². The van der Waals surface area contributed by atoms with Gasteiger partial charge < -0.3 is 20.9 Å². The van der Waals surface area contributed by atoms with Crippen molar-refractivity contribution in [2.45, 2.75) is 18.9 Å². The minimum absolute atomic E-state index is 0.337. The van der Waals surface area contributed by atoms with Crippen molar-refractivity contribution in [1.29, 1.82) is 0 Å². The molecule has 3 N–H and O–H groups in total. The highest BCUT2D eigenvalue weighted by atomic mass is 35.5. The molecule has 3 heterocycles. The fourth-order valence-corrected chi connectivity index (χ4v) is 4.61. The van der Waals surface area contributed by atoms with E-state index in [0.29, 0.717) is 22.4 Å². The molecule has 4 aromatic rings. The lowest BCUT2D eigenvalue weighted by molar-refractivity contribution is 0.262. The molecule has 1 aliphatic heterocycles. The number of anilines is 3. The van der Waals surface area contributed by atoms with Crippen LogP contribution in [-0.4, -0.2) is 46.3 Å². The van der Waals surface area contributed by atoms with Crippen molar-refractivity contribution in [1.82, 2.24) is 19.9 Å². The van der Waals surface area contributed by atoms with E-state index in [1.54, 1.807) is 23.1 Å². The number of nitrogens with zero attached hydrogens (tertiary/aromatic N) is 4. The van der Waals surface area contributed by atoms with Crippen molar-refractivity contribution < 1.29 is 4.79 Å². The van der Waals surface area contributed by atoms with E-state index in [1.807, 2.05) is 54.6 Å². The van der Waals surface area contributed by atoms with E-state index >= 15 is 0 Å². The van der Waals surface area contributed by atoms with E-state index in [4.69, 9.17) is 11.6 Å². The summed E-state index contributed by atoms with van der Waals surface area (Å²) in [5.41, 5.74) is 4.88. The van der Waals surface area contributed by atoms with Crippen LogP contribution in [0.1, 0.15) is 12.8 Å². The molecule has 2 aromatic carbocycles. The molecule has 0 spiro atoms. The third-order valence-corrected chi connectivity index (χ3v) is 6.56. The summed E-state index contributed by atoms with van der Waals surface area (Å²) in [6.45, 7) is 6.44. The number of urea groups is 1. The standard InChI is InChI=1S/C27H28ClN7O/c1-2-13-29-21-11-14-34(15-12-21)25-6-4-3-5-24(25)33-27(36)32-22-16-30-26-23(17-31-35(26)18-22)19-7-9-20(28)10-8-19/h2-10,16-18,21,29H,1,11-15H2,(H2,32,33,36). The van der Waals surface area contributed by atoms with Gasteiger partial charge in [0.2, 0.25) is 0 Å². The van der Waals surface area contributed by atoms with E-state index < -0.39 is 0 Å². The third kappa shape index (κ3) is 5.35. The summed E-state index contributed by atoms with van der Waals surface area (Å²) in [5.74, 6) is 0. The third-order valence-electron chi connectivity index (χ3n) is 6.31. The Kier molecular flexibility index (Phi) is 7.16. The number of benzene rings is 2. The summed E-state index contributed by atoms with van der Waals surface area (Å²) in [6, 6.07) is 15.6. The molecule has 8 nitrogen and oxygen atoms in total. The maximum absolute atomic E-state index is 12.9. The number of nitrogens with one attached hydrogen (secondary N) is 3. The van der Waals surface area contributed by atoms with Crippen LogP contribution in [0.15, 0.2) is 79.8 Å². The van der Waals surface area contributed by atoms with Gasteiger partial charge in [0, 0.05) is 36.3 Å². The summed E-state index contributed by atoms with van der Waals surface area (Å²) in [6.07, 6.45) is 9.10. The van der Waals surface area contributed by atoms with E-state index in [2.05, 4.69) is 37.5 Å². The molecule has 36 heavy (non-hydrogen) atoms. The lowest BCUT2D eigenvalue weighted by atomic mass is 10.0. The SMILES string of the molecule is C=CCNC1CCN(c2ccccc2NC(=O)Nc2cnc3c(-c4ccc(Cl)cc4)cnn3c2)CC1. The summed E-state index contributed by atoms with van der Waals surface area (Å²) >= 11 is 6.00. The number of piperidine rings is 1. The first-order valence-electron chi connectivity index (χ1n) is 12.0. The Morgan fingerprint density at radius 2 is 1.86 bits per heavy atom. The van der Waals surface area contributed by atoms with Crippen LogP contribution < -0.4 is 20.9 Å². The van der Waals surface area contributed by atoms with Crippen molar-refractivity contribution in [3.05, 3.63) is 84.8 Å². The van der Waals surface area contributed by atoms with Gasteiger partial charge in [-0.05, 0) is 42.7 Å². The van der Waals surface area contributed by atoms with Crippen LogP contribution in [0.5, 0.6) is 0 Å². The predicted molar refractivity (Wildman–Crippen MR) is 146 cm³/mol. The second-order valence-electron chi connectivity index (χ2n) is 8.73. The normalized spacial score (nSPS) is 14.1. The molecule has 1 fully saturated rings. The summed E-state index contributed by atoms with van der Waals surface area (Å²) in [7, 11) is 0. The Balaban J connectivity index is 1.25. The number of aromatic nitrogens is 3. The molecular weight excluding hydrogens is 474 g/mol. The van der Waals surface area contributed by atoms with Gasteiger partial charge in [-0.1, -0.05) is 41.9 Å². The zero-order valence-corrected chi connectivity index (χ0v) is 20.6. The lowest BCUT2D eigenvalue weighted by Gasteiger charge is -2.35. The number of carbonyl (C=O) groups is 1. The monoisotopic (exact) mass is 501 g/mol. The van der Waals surface area contributed by atoms with Gasteiger partial charge in [-0.15, -0.1) is 6.58 Å². The number of fused-ring (bicyclic) bond motifs is 1. The largest absolute Gasteiger partial charge is 0.370 e. The second kappa shape index (κ2) is 10.8. The first kappa shape index (κ1) is 23.8. The molecule has 2 amide bonds. The Morgan fingerprint density at radius 3 is 2.64 bits per heavy atom. The van der Waals surface area contributed by atoms with E-state index in [0.717, 1.165) is 55.0 Å². The van der Waals surface area contributed by atoms with Gasteiger partial charge >= 0.3 is 6.03 Å². The molecule has 0 saturated carbocycles. The molecule has 0 radical (unpaired) electrons. The number of rotatable bonds is 7. The number of hydrogen-bond acceptors (Lipinski definition) is 5. The molecule has 184 valence electrons. The first-order chi connectivity index (χ1) is 17.6. The Bertz CT molecular complexity index is 1360. The van der Waals surface area contributed by atoms with Crippen LogP contribution in [0.2, 0.25) is 5.02 Å². The number of carbonyl (C=O) groups excluding carboxylic acids is 1. The quantitative estimate of drug-likeness (QED) is 0.294. The first-order valence-corrected chi connectivity index (χ1v) is 12.3. The number of amides is 2. The van der Waals surface area contributed by atoms with Gasteiger partial charge in [-0.25, -0.2) is 14.3 Å². The lowest BCUT2D eigenvalue weighted by Crippen LogP contribution is -2.42. The summed E-state index contributed by atoms with van der Waals surface area (Å²) < 4.78 is 1.65. The van der Waals surface area contributed by atoms with Gasteiger partial charge in [0.15, 0.2) is 5.65 Å². The van der Waals surface area contributed by atoms with Crippen molar-refractivity contribution in [2.75, 3.05) is 35.2 Å². The van der Waals surface area contributed by atoms with Gasteiger partial charge in [0.05, 0.1) is 35.7 Å². The van der Waals surface area contributed by atoms with Gasteiger partial charge in [0.1, 0.15) is 0 Å². The minimum atomic E-state index is -0.337. The second-order valence-corrected chi connectivity index (χ2v) is 9.17. The van der Waals surface area contributed by atoms with Crippen molar-refractivity contribution in [3.63, 3.8) is 0 Å². The van der Waals surface area contributed by atoms with Gasteiger partial charge in [0.25, 0.3) is 0 Å². The Morgan fingerprint density at radius 1 is 1.08 bits per heavy atom. The van der Waals surface area contributed by atoms with Gasteiger partial charge in [-0.2, -0.15) is 5.10 Å². The Labute approximate surface area is 215 Å². The van der Waals surface area contributed by atoms with Crippen LogP contribution in [0.3, 0.4) is 0 Å². The number of para-hydroxylation sites is 2. The summed E-state index contributed by atoms with van der Waals surface area (Å²) in [5, 5.41) is 14.4. The fraction of sp³-hybridized carbons (Fsp3) is 0.222. The van der Waals surface area contributed by atoms with E-state index in [-0.39, 0.29) is 6.03 Å². The molecular formula is C27H28ClN7O. The number of hydrogen-bond donors (Lipinski definition) is 3. The molecule has 0 atom stereocenters. The average molecular weight is 502 g/mol. The zero-order valence-electron chi connectivity index (χ0n) is 19.8. The fourth-order valence-electron chi connectivity index (χ4n) is 4.49. The highest BCUT2D eigenvalue weighted by molar-refractivity contribution is 6.30. The molecule has 0 bridgehead atoms. The molecule has 1 saturated heterocycles. The highest BCUT2D eigenvalue weighted by Gasteiger charge is 2.21. The molecule has 5 rings (SSSR count). The molecule has 0 aliphatic carbocycles. The van der Waals surface area contributed by atoms with Crippen molar-refractivity contribution in [2.24, 2.45) is 0 Å². The molecule has 1 aliphatic rings. The van der Waals surface area contributed by atoms with E-state index in [1.165, 1.54) is 0 Å². The van der Waals surface area contributed by atoms with Crippen LogP contribution in [0.4, 0.5) is 21.9 Å². The molecule has 0 unspecified atom stereocenters. The van der Waals surface area contributed by atoms with E-state index in [9.17, 15) is 4.79 Å². The molecule has 9 heteroatoms. The highest BCUT2D eigenvalue weighted by Crippen LogP contribution is 2.29. The predicted octanol–water partition coefficient (Wildman–Crippen LogP) is 5.44. The molecule has 2 aromatic heterocycles. The van der Waals surface area contributed by atoms with Crippen molar-refractivity contribution in [3.8, 4) is 11.1 Å². The zero-order chi connectivity index (χ0) is 24.9. The van der Waals surface area contributed by atoms with Crippen LogP contribution >= 0.6 is 11.6 Å². The van der Waals surface area contributed by atoms with Gasteiger partial charge in [-0.3, -0.25) is 0 Å². The number of halogens is 1. The van der Waals surface area contributed by atoms with Crippen LogP contribution in [-0.2, 0) is 0 Å². The average Bonchev–Trinajstić information content (AvgIpc) is 3.32. The maximum atomic E-state index is 12.9. The smallest absolute Gasteiger partial charge is 0.323 e. The summed E-state index contributed by atoms with van der Waals surface area (Å²) in [4.78, 5) is 19.7. The van der Waals surface area contributed by atoms with Crippen LogP contribution in [0.25, 0.3) is 16.8 Å². The minimum Gasteiger partial charge on any atom is -0.370 e. The Hall–Kier alpha value is -3.88. The van der Waals surface area contributed by atoms with Crippen LogP contribution in [0, 0.1) is 0 Å².